The number of aliphatic hydroxyl groups is 1. The van der Waals surface area contributed by atoms with Crippen molar-refractivity contribution < 1.29 is 14.3 Å². The van der Waals surface area contributed by atoms with E-state index in [0.29, 0.717) is 24.3 Å². The van der Waals surface area contributed by atoms with Crippen molar-refractivity contribution in [2.24, 2.45) is 5.92 Å². The normalized spacial score (nSPS) is 17.9. The second-order valence-corrected chi connectivity index (χ2v) is 5.26. The molecule has 1 aromatic carbocycles. The summed E-state index contributed by atoms with van der Waals surface area (Å²) in [5.41, 5.74) is 1.12. The number of hydrogen-bond donors (Lipinski definition) is 2. The molecule has 1 atom stereocenters. The molecule has 1 aliphatic rings. The molecule has 5 heteroatoms. The van der Waals surface area contributed by atoms with Gasteiger partial charge in [-0.1, -0.05) is 6.07 Å². The molecule has 0 aliphatic carbocycles. The third-order valence-electron chi connectivity index (χ3n) is 3.91. The van der Waals surface area contributed by atoms with Gasteiger partial charge in [0.25, 0.3) is 0 Å². The van der Waals surface area contributed by atoms with Gasteiger partial charge < -0.3 is 15.3 Å². The molecule has 1 saturated heterocycles. The zero-order chi connectivity index (χ0) is 14.7. The predicted molar refractivity (Wildman–Crippen MR) is 76.0 cm³/mol. The van der Waals surface area contributed by atoms with Crippen molar-refractivity contribution in [3.63, 3.8) is 0 Å². The Bertz CT molecular complexity index is 483. The summed E-state index contributed by atoms with van der Waals surface area (Å²) in [7, 11) is 1.64. The molecule has 1 amide bonds. The van der Waals surface area contributed by atoms with E-state index in [9.17, 15) is 14.3 Å². The quantitative estimate of drug-likeness (QED) is 0.888. The average molecular weight is 280 g/mol. The third kappa shape index (κ3) is 3.10. The van der Waals surface area contributed by atoms with Crippen molar-refractivity contribution in [3.8, 4) is 0 Å². The number of rotatable bonds is 3. The third-order valence-corrected chi connectivity index (χ3v) is 3.91. The summed E-state index contributed by atoms with van der Waals surface area (Å²) in [6.45, 7) is 2.95. The molecule has 0 bridgehead atoms. The molecule has 1 heterocycles. The monoisotopic (exact) mass is 280 g/mol. The van der Waals surface area contributed by atoms with Gasteiger partial charge in [-0.3, -0.25) is 4.79 Å². The number of halogens is 1. The molecule has 4 nitrogen and oxygen atoms in total. The van der Waals surface area contributed by atoms with Crippen LogP contribution in [-0.2, 0) is 4.79 Å². The fraction of sp³-hybridized carbons (Fsp3) is 0.533. The van der Waals surface area contributed by atoms with E-state index in [1.165, 1.54) is 6.07 Å². The van der Waals surface area contributed by atoms with Crippen LogP contribution in [0.15, 0.2) is 18.2 Å². The van der Waals surface area contributed by atoms with E-state index in [-0.39, 0.29) is 17.6 Å². The SMILES string of the molecule is CNC(=O)C1CCN(c2ccc([C@H](C)O)cc2F)CC1. The standard InChI is InChI=1S/C15H21FN2O2/c1-10(19)12-3-4-14(13(16)9-12)18-7-5-11(6-8-18)15(20)17-2/h3-4,9-11,19H,5-8H2,1-2H3,(H,17,20)/t10-/m0/s1. The van der Waals surface area contributed by atoms with Crippen molar-refractivity contribution in [1.29, 1.82) is 0 Å². The first kappa shape index (κ1) is 14.8. The van der Waals surface area contributed by atoms with Crippen LogP contribution in [0.1, 0.15) is 31.4 Å². The van der Waals surface area contributed by atoms with E-state index in [1.54, 1.807) is 26.1 Å². The van der Waals surface area contributed by atoms with Crippen molar-refractivity contribution in [3.05, 3.63) is 29.6 Å². The number of amides is 1. The van der Waals surface area contributed by atoms with Gasteiger partial charge in [0, 0.05) is 26.1 Å². The van der Waals surface area contributed by atoms with E-state index in [2.05, 4.69) is 5.32 Å². The summed E-state index contributed by atoms with van der Waals surface area (Å²) >= 11 is 0. The molecular formula is C15H21FN2O2. The largest absolute Gasteiger partial charge is 0.389 e. The number of aliphatic hydroxyl groups excluding tert-OH is 1. The second kappa shape index (κ2) is 6.22. The minimum atomic E-state index is -0.669. The van der Waals surface area contributed by atoms with Crippen LogP contribution in [0.5, 0.6) is 0 Å². The maximum absolute atomic E-state index is 14.1. The number of hydrogen-bond acceptors (Lipinski definition) is 3. The van der Waals surface area contributed by atoms with Gasteiger partial charge in [0.15, 0.2) is 0 Å². The van der Waals surface area contributed by atoms with Gasteiger partial charge in [-0.2, -0.15) is 0 Å². The number of piperidine rings is 1. The lowest BCUT2D eigenvalue weighted by Gasteiger charge is -2.33. The molecule has 0 radical (unpaired) electrons. The topological polar surface area (TPSA) is 52.6 Å². The number of carbonyl (C=O) groups excluding carboxylic acids is 1. The Morgan fingerprint density at radius 1 is 1.45 bits per heavy atom. The van der Waals surface area contributed by atoms with E-state index in [0.717, 1.165) is 12.8 Å². The Balaban J connectivity index is 2.05. The van der Waals surface area contributed by atoms with Crippen LogP contribution < -0.4 is 10.2 Å². The van der Waals surface area contributed by atoms with Crippen molar-refractivity contribution in [2.45, 2.75) is 25.9 Å². The molecule has 1 aliphatic heterocycles. The van der Waals surface area contributed by atoms with Crippen molar-refractivity contribution in [1.82, 2.24) is 5.32 Å². The number of nitrogens with one attached hydrogen (secondary N) is 1. The van der Waals surface area contributed by atoms with Crippen molar-refractivity contribution in [2.75, 3.05) is 25.0 Å². The molecule has 0 unspecified atom stereocenters. The van der Waals surface area contributed by atoms with E-state index in [1.807, 2.05) is 4.90 Å². The van der Waals surface area contributed by atoms with Crippen molar-refractivity contribution >= 4 is 11.6 Å². The Morgan fingerprint density at radius 2 is 2.10 bits per heavy atom. The number of anilines is 1. The van der Waals surface area contributed by atoms with Gasteiger partial charge in [-0.25, -0.2) is 4.39 Å². The van der Waals surface area contributed by atoms with Crippen LogP contribution in [0.4, 0.5) is 10.1 Å². The predicted octanol–water partition coefficient (Wildman–Crippen LogP) is 1.84. The molecule has 0 spiro atoms. The first-order chi connectivity index (χ1) is 9.52. The Kier molecular flexibility index (Phi) is 4.60. The average Bonchev–Trinajstić information content (AvgIpc) is 2.46. The van der Waals surface area contributed by atoms with Crippen LogP contribution >= 0.6 is 0 Å². The molecule has 1 aromatic rings. The summed E-state index contributed by atoms with van der Waals surface area (Å²) in [5.74, 6) is -0.229. The van der Waals surface area contributed by atoms with E-state index < -0.39 is 6.10 Å². The number of benzene rings is 1. The van der Waals surface area contributed by atoms with Crippen LogP contribution in [0.2, 0.25) is 0 Å². The first-order valence-electron chi connectivity index (χ1n) is 6.97. The molecular weight excluding hydrogens is 259 g/mol. The Hall–Kier alpha value is -1.62. The van der Waals surface area contributed by atoms with Crippen LogP contribution in [-0.4, -0.2) is 31.2 Å². The van der Waals surface area contributed by atoms with E-state index in [4.69, 9.17) is 0 Å². The van der Waals surface area contributed by atoms with Gasteiger partial charge in [-0.05, 0) is 37.5 Å². The lowest BCUT2D eigenvalue weighted by Crippen LogP contribution is -2.39. The van der Waals surface area contributed by atoms with Gasteiger partial charge >= 0.3 is 0 Å². The minimum absolute atomic E-state index is 0.0241. The van der Waals surface area contributed by atoms with Gasteiger partial charge in [0.2, 0.25) is 5.91 Å². The summed E-state index contributed by atoms with van der Waals surface area (Å²) in [6.07, 6.45) is 0.798. The summed E-state index contributed by atoms with van der Waals surface area (Å²) in [5, 5.41) is 12.1. The molecule has 2 rings (SSSR count). The highest BCUT2D eigenvalue weighted by molar-refractivity contribution is 5.78. The van der Waals surface area contributed by atoms with E-state index >= 15 is 0 Å². The fourth-order valence-electron chi connectivity index (χ4n) is 2.63. The Labute approximate surface area is 118 Å². The Morgan fingerprint density at radius 3 is 2.60 bits per heavy atom. The fourth-order valence-corrected chi connectivity index (χ4v) is 2.63. The van der Waals surface area contributed by atoms with Crippen LogP contribution in [0.25, 0.3) is 0 Å². The lowest BCUT2D eigenvalue weighted by molar-refractivity contribution is -0.125. The number of nitrogens with zero attached hydrogens (tertiary/aromatic N) is 1. The highest BCUT2D eigenvalue weighted by atomic mass is 19.1. The van der Waals surface area contributed by atoms with Crippen LogP contribution in [0.3, 0.4) is 0 Å². The summed E-state index contributed by atoms with van der Waals surface area (Å²) < 4.78 is 14.1. The molecule has 0 aromatic heterocycles. The highest BCUT2D eigenvalue weighted by Gasteiger charge is 2.25. The van der Waals surface area contributed by atoms with Crippen LogP contribution in [0, 0.1) is 11.7 Å². The van der Waals surface area contributed by atoms with Gasteiger partial charge in [-0.15, -0.1) is 0 Å². The smallest absolute Gasteiger partial charge is 0.222 e. The van der Waals surface area contributed by atoms with Gasteiger partial charge in [0.05, 0.1) is 11.8 Å². The summed E-state index contributed by atoms with van der Waals surface area (Å²) in [6, 6.07) is 4.83. The molecule has 2 N–H and O–H groups in total. The molecule has 0 saturated carbocycles. The molecule has 1 fully saturated rings. The number of carbonyl (C=O) groups is 1. The highest BCUT2D eigenvalue weighted by Crippen LogP contribution is 2.27. The second-order valence-electron chi connectivity index (χ2n) is 5.26. The maximum Gasteiger partial charge on any atom is 0.222 e. The zero-order valence-electron chi connectivity index (χ0n) is 11.9. The maximum atomic E-state index is 14.1. The molecule has 20 heavy (non-hydrogen) atoms. The molecule has 110 valence electrons. The first-order valence-corrected chi connectivity index (χ1v) is 6.97. The lowest BCUT2D eigenvalue weighted by atomic mass is 9.95. The zero-order valence-corrected chi connectivity index (χ0v) is 11.9. The summed E-state index contributed by atoms with van der Waals surface area (Å²) in [4.78, 5) is 13.5. The minimum Gasteiger partial charge on any atom is -0.389 e. The van der Waals surface area contributed by atoms with Gasteiger partial charge in [0.1, 0.15) is 5.82 Å².